The highest BCUT2D eigenvalue weighted by Gasteiger charge is 2.34. The number of nitrogens with zero attached hydrogens (tertiary/aromatic N) is 2. The molecule has 2 fully saturated rings. The number of carbonyl (C=O) groups excluding carboxylic acids is 2. The Kier molecular flexibility index (Phi) is 13.6. The predicted molar refractivity (Wildman–Crippen MR) is 167 cm³/mol. The van der Waals surface area contributed by atoms with Gasteiger partial charge in [0.15, 0.2) is 12.2 Å². The molecule has 0 aliphatic carbocycles. The molecule has 3 heterocycles. The molecule has 2 aromatic rings. The van der Waals surface area contributed by atoms with Gasteiger partial charge in [-0.15, -0.1) is 11.3 Å². The van der Waals surface area contributed by atoms with Gasteiger partial charge in [0.1, 0.15) is 0 Å². The normalized spacial score (nSPS) is 17.4. The van der Waals surface area contributed by atoms with Crippen LogP contribution in [0.3, 0.4) is 0 Å². The summed E-state index contributed by atoms with van der Waals surface area (Å²) in [7, 11) is 0. The molecule has 0 bridgehead atoms. The first-order valence-corrected chi connectivity index (χ1v) is 15.2. The van der Waals surface area contributed by atoms with E-state index in [-0.39, 0.29) is 6.54 Å². The number of nitrogens with one attached hydrogen (secondary N) is 2. The summed E-state index contributed by atoms with van der Waals surface area (Å²) in [5, 5.41) is 28.5. The quantitative estimate of drug-likeness (QED) is 0.311. The van der Waals surface area contributed by atoms with Gasteiger partial charge < -0.3 is 30.6 Å². The first-order valence-electron chi connectivity index (χ1n) is 14.0. The van der Waals surface area contributed by atoms with Gasteiger partial charge in [0.25, 0.3) is 11.8 Å². The van der Waals surface area contributed by atoms with Crippen molar-refractivity contribution in [3.63, 3.8) is 0 Å². The van der Waals surface area contributed by atoms with Crippen LogP contribution in [0.25, 0.3) is 0 Å². The number of halogens is 1. The molecule has 10 heteroatoms. The topological polar surface area (TPSA) is 105 Å². The Balaban J connectivity index is 0.000000317. The van der Waals surface area contributed by atoms with E-state index < -0.39 is 24.0 Å². The molecule has 41 heavy (non-hydrogen) atoms. The minimum atomic E-state index is -1.79. The zero-order chi connectivity index (χ0) is 29.6. The van der Waals surface area contributed by atoms with E-state index in [0.29, 0.717) is 24.5 Å². The number of anilines is 1. The molecule has 2 saturated heterocycles. The van der Waals surface area contributed by atoms with Crippen molar-refractivity contribution >= 4 is 40.4 Å². The van der Waals surface area contributed by atoms with Crippen molar-refractivity contribution in [1.29, 1.82) is 0 Å². The van der Waals surface area contributed by atoms with Crippen LogP contribution in [0.1, 0.15) is 30.2 Å². The van der Waals surface area contributed by atoms with Gasteiger partial charge in [-0.3, -0.25) is 9.59 Å². The molecule has 8 nitrogen and oxygen atoms in total. The summed E-state index contributed by atoms with van der Waals surface area (Å²) in [6, 6.07) is 12.5. The minimum Gasteiger partial charge on any atom is -0.380 e. The van der Waals surface area contributed by atoms with Crippen LogP contribution in [0.2, 0.25) is 0 Å². The van der Waals surface area contributed by atoms with Crippen molar-refractivity contribution in [2.75, 3.05) is 44.2 Å². The third-order valence-corrected chi connectivity index (χ3v) is 8.24. The van der Waals surface area contributed by atoms with Gasteiger partial charge in [-0.1, -0.05) is 48.5 Å². The number of piperazine rings is 1. The Labute approximate surface area is 252 Å². The Bertz CT molecular complexity index is 1190. The summed E-state index contributed by atoms with van der Waals surface area (Å²) in [6.07, 6.45) is 4.18. The second-order valence-corrected chi connectivity index (χ2v) is 11.3. The Morgan fingerprint density at radius 1 is 1.12 bits per heavy atom. The monoisotopic (exact) mass is 600 g/mol. The van der Waals surface area contributed by atoms with Gasteiger partial charge >= 0.3 is 0 Å². The molecule has 1 aromatic carbocycles. The van der Waals surface area contributed by atoms with Crippen LogP contribution in [0.4, 0.5) is 5.69 Å². The molecular formula is C31H41ClN4O4S. The average molecular weight is 601 g/mol. The molecule has 4 N–H and O–H groups in total. The Hall–Kier alpha value is -2.95. The second kappa shape index (κ2) is 17.1. The summed E-state index contributed by atoms with van der Waals surface area (Å²) in [5.74, 6) is -1.38. The van der Waals surface area contributed by atoms with E-state index in [1.165, 1.54) is 21.9 Å². The molecule has 1 aromatic heterocycles. The molecule has 0 spiro atoms. The lowest BCUT2D eigenvalue weighted by atomic mass is 10.1. The third kappa shape index (κ3) is 10.1. The zero-order valence-electron chi connectivity index (χ0n) is 23.6. The lowest BCUT2D eigenvalue weighted by Gasteiger charge is -2.29. The summed E-state index contributed by atoms with van der Waals surface area (Å²) >= 11 is 7.69. The van der Waals surface area contributed by atoms with Gasteiger partial charge in [0.2, 0.25) is 0 Å². The number of benzene rings is 1. The van der Waals surface area contributed by atoms with Gasteiger partial charge in [0, 0.05) is 54.9 Å². The molecule has 2 atom stereocenters. The van der Waals surface area contributed by atoms with E-state index in [4.69, 9.17) is 11.6 Å². The number of hydrogen-bond acceptors (Lipinski definition) is 7. The molecule has 0 radical (unpaired) electrons. The number of para-hydroxylation sites is 1. The fourth-order valence-corrected chi connectivity index (χ4v) is 5.68. The summed E-state index contributed by atoms with van der Waals surface area (Å²) in [5.41, 5.74) is 3.28. The van der Waals surface area contributed by atoms with Crippen LogP contribution in [0.15, 0.2) is 77.2 Å². The fraction of sp³-hybridized carbons (Fsp3) is 0.419. The second-order valence-electron chi connectivity index (χ2n) is 9.89. The highest BCUT2D eigenvalue weighted by atomic mass is 35.5. The number of aliphatic hydroxyl groups is 2. The molecule has 2 aliphatic heterocycles. The first-order chi connectivity index (χ1) is 19.8. The van der Waals surface area contributed by atoms with Crippen LogP contribution in [-0.2, 0) is 22.6 Å². The molecule has 2 unspecified atom stereocenters. The standard InChI is InChI=1S/C21H27ClN2O4S.C10H14N2/c1-3-7-17(22)15(4-2)10-14-11-16(29-13-14)12-23-20(27)18(25)19(26)21(28)24-8-5-6-9-24;1-2-4-10(5-3-1)12-8-6-11-7-9-12/h3-4,7,11,13,18-19,25-26H,2,5-6,8-10,12H2,1H3,(H,23,27);1-5,11H,6-9H2/b7-3-,17-15-;. The van der Waals surface area contributed by atoms with Gasteiger partial charge in [-0.2, -0.15) is 0 Å². The summed E-state index contributed by atoms with van der Waals surface area (Å²) in [4.78, 5) is 29.0. The number of hydrogen-bond donors (Lipinski definition) is 4. The van der Waals surface area contributed by atoms with E-state index in [0.717, 1.165) is 55.0 Å². The fourth-order valence-electron chi connectivity index (χ4n) is 4.58. The van der Waals surface area contributed by atoms with Crippen molar-refractivity contribution in [1.82, 2.24) is 15.5 Å². The molecular weight excluding hydrogens is 560 g/mol. The number of carbonyl (C=O) groups is 2. The van der Waals surface area contributed by atoms with Gasteiger partial charge in [-0.05, 0) is 67.0 Å². The van der Waals surface area contributed by atoms with Gasteiger partial charge in [-0.25, -0.2) is 0 Å². The van der Waals surface area contributed by atoms with Crippen LogP contribution < -0.4 is 15.5 Å². The van der Waals surface area contributed by atoms with E-state index in [1.807, 2.05) is 30.5 Å². The van der Waals surface area contributed by atoms with Crippen LogP contribution >= 0.6 is 22.9 Å². The highest BCUT2D eigenvalue weighted by Crippen LogP contribution is 2.22. The molecule has 2 aliphatic rings. The largest absolute Gasteiger partial charge is 0.380 e. The van der Waals surface area contributed by atoms with E-state index >= 15 is 0 Å². The minimum absolute atomic E-state index is 0.195. The van der Waals surface area contributed by atoms with Crippen molar-refractivity contribution in [2.24, 2.45) is 0 Å². The van der Waals surface area contributed by atoms with Crippen molar-refractivity contribution < 1.29 is 19.8 Å². The maximum absolute atomic E-state index is 12.1. The van der Waals surface area contributed by atoms with Crippen LogP contribution in [-0.4, -0.2) is 78.4 Å². The van der Waals surface area contributed by atoms with Crippen molar-refractivity contribution in [3.8, 4) is 0 Å². The van der Waals surface area contributed by atoms with E-state index in [1.54, 1.807) is 6.08 Å². The number of amides is 2. The maximum Gasteiger partial charge on any atom is 0.254 e. The number of rotatable bonds is 10. The molecule has 0 saturated carbocycles. The third-order valence-electron chi connectivity index (χ3n) is 6.88. The predicted octanol–water partition coefficient (Wildman–Crippen LogP) is 3.60. The molecule has 2 amide bonds. The highest BCUT2D eigenvalue weighted by molar-refractivity contribution is 7.10. The Morgan fingerprint density at radius 2 is 1.80 bits per heavy atom. The zero-order valence-corrected chi connectivity index (χ0v) is 25.2. The molecule has 4 rings (SSSR count). The van der Waals surface area contributed by atoms with Crippen molar-refractivity contribution in [3.05, 3.63) is 87.6 Å². The number of thiophene rings is 1. The van der Waals surface area contributed by atoms with Crippen LogP contribution in [0, 0.1) is 0 Å². The van der Waals surface area contributed by atoms with Gasteiger partial charge in [0.05, 0.1) is 6.54 Å². The number of aliphatic hydroxyl groups excluding tert-OH is 2. The average Bonchev–Trinajstić information content (AvgIpc) is 3.71. The van der Waals surface area contributed by atoms with Crippen molar-refractivity contribution in [2.45, 2.75) is 44.9 Å². The van der Waals surface area contributed by atoms with E-state index in [2.05, 4.69) is 52.4 Å². The lowest BCUT2D eigenvalue weighted by molar-refractivity contribution is -0.152. The first kappa shape index (κ1) is 32.6. The molecule has 222 valence electrons. The van der Waals surface area contributed by atoms with Crippen LogP contribution in [0.5, 0.6) is 0 Å². The maximum atomic E-state index is 12.1. The summed E-state index contributed by atoms with van der Waals surface area (Å²) in [6.45, 7) is 11.4. The number of allylic oxidation sites excluding steroid dienone is 5. The van der Waals surface area contributed by atoms with E-state index in [9.17, 15) is 19.8 Å². The smallest absolute Gasteiger partial charge is 0.254 e. The lowest BCUT2D eigenvalue weighted by Crippen LogP contribution is -2.50. The Morgan fingerprint density at radius 3 is 2.44 bits per heavy atom. The number of likely N-dealkylation sites (tertiary alicyclic amines) is 1. The SMILES string of the molecule is C=C/C(Cc1csc(CNC(=O)C(O)C(O)C(=O)N2CCCC2)c1)=C(Cl)\C=C/C.c1ccc(N2CCNCC2)cc1. The summed E-state index contributed by atoms with van der Waals surface area (Å²) < 4.78 is 0.